The number of esters is 2. The summed E-state index contributed by atoms with van der Waals surface area (Å²) in [5, 5.41) is 46.3. The SMILES string of the molecule is C/C=C(/C)C(=O)O[C@H]1C(C)=C[C@]23C(O)[C@@H](C=C(CO)[C@@H](O)[C@]12O)[C@@H]1C(C)(C)[C@]1(OC(C)=O)C[C@H]3C. The highest BCUT2D eigenvalue weighted by atomic mass is 16.6. The van der Waals surface area contributed by atoms with Crippen molar-refractivity contribution in [2.45, 2.75) is 84.4 Å². The molecule has 8 heteroatoms. The second-order valence-corrected chi connectivity index (χ2v) is 11.5. The fraction of sp³-hybridized carbons (Fsp3) is 0.704. The Bertz CT molecular complexity index is 1040. The zero-order valence-corrected chi connectivity index (χ0v) is 21.5. The van der Waals surface area contributed by atoms with Crippen molar-refractivity contribution in [1.82, 2.24) is 0 Å². The van der Waals surface area contributed by atoms with Crippen molar-refractivity contribution in [2.24, 2.45) is 28.6 Å². The van der Waals surface area contributed by atoms with Crippen molar-refractivity contribution in [3.63, 3.8) is 0 Å². The largest absolute Gasteiger partial charge is 0.458 e. The van der Waals surface area contributed by atoms with E-state index in [-0.39, 0.29) is 11.5 Å². The Morgan fingerprint density at radius 2 is 1.86 bits per heavy atom. The number of allylic oxidation sites excluding steroid dienone is 1. The predicted molar refractivity (Wildman–Crippen MR) is 127 cm³/mol. The summed E-state index contributed by atoms with van der Waals surface area (Å²) in [6, 6.07) is 0. The van der Waals surface area contributed by atoms with Gasteiger partial charge < -0.3 is 29.9 Å². The number of carbonyl (C=O) groups is 2. The quantitative estimate of drug-likeness (QED) is 0.266. The zero-order chi connectivity index (χ0) is 26.3. The zero-order valence-electron chi connectivity index (χ0n) is 21.5. The summed E-state index contributed by atoms with van der Waals surface area (Å²) in [4.78, 5) is 24.9. The molecule has 2 saturated carbocycles. The van der Waals surface area contributed by atoms with E-state index in [2.05, 4.69) is 0 Å². The minimum absolute atomic E-state index is 0.138. The van der Waals surface area contributed by atoms with Crippen LogP contribution in [0.3, 0.4) is 0 Å². The third kappa shape index (κ3) is 3.06. The van der Waals surface area contributed by atoms with Gasteiger partial charge in [0.05, 0.1) is 18.1 Å². The molecule has 0 heterocycles. The number of fused-ring (bicyclic) bond motifs is 3. The molecular weight excluding hydrogens is 452 g/mol. The lowest BCUT2D eigenvalue weighted by molar-refractivity contribution is -0.224. The number of rotatable bonds is 4. The number of ether oxygens (including phenoxy) is 2. The van der Waals surface area contributed by atoms with Crippen LogP contribution in [0.25, 0.3) is 0 Å². The van der Waals surface area contributed by atoms with Crippen LogP contribution < -0.4 is 0 Å². The van der Waals surface area contributed by atoms with Crippen LogP contribution in [0.2, 0.25) is 0 Å². The van der Waals surface area contributed by atoms with Crippen LogP contribution in [0.15, 0.2) is 34.9 Å². The van der Waals surface area contributed by atoms with E-state index in [4.69, 9.17) is 9.47 Å². The van der Waals surface area contributed by atoms with Gasteiger partial charge in [-0.1, -0.05) is 39.0 Å². The molecule has 4 aliphatic carbocycles. The van der Waals surface area contributed by atoms with Gasteiger partial charge in [0.15, 0.2) is 6.10 Å². The van der Waals surface area contributed by atoms with Gasteiger partial charge >= 0.3 is 11.9 Å². The first-order chi connectivity index (χ1) is 16.2. The molecule has 0 saturated heterocycles. The summed E-state index contributed by atoms with van der Waals surface area (Å²) in [5.74, 6) is -2.49. The summed E-state index contributed by atoms with van der Waals surface area (Å²) in [7, 11) is 0. The van der Waals surface area contributed by atoms with Crippen LogP contribution in [0.1, 0.15) is 54.9 Å². The molecule has 35 heavy (non-hydrogen) atoms. The first kappa shape index (κ1) is 26.1. The van der Waals surface area contributed by atoms with Crippen LogP contribution in [0, 0.1) is 28.6 Å². The lowest BCUT2D eigenvalue weighted by Gasteiger charge is -2.52. The Morgan fingerprint density at radius 1 is 1.23 bits per heavy atom. The highest BCUT2D eigenvalue weighted by molar-refractivity contribution is 5.88. The van der Waals surface area contributed by atoms with Crippen LogP contribution in [0.5, 0.6) is 0 Å². The average molecular weight is 491 g/mol. The lowest BCUT2D eigenvalue weighted by atomic mass is 9.58. The van der Waals surface area contributed by atoms with E-state index in [1.54, 1.807) is 39.0 Å². The highest BCUT2D eigenvalue weighted by Crippen LogP contribution is 2.76. The van der Waals surface area contributed by atoms with E-state index in [9.17, 15) is 30.0 Å². The summed E-state index contributed by atoms with van der Waals surface area (Å²) >= 11 is 0. The Hall–Kier alpha value is -2.00. The molecular formula is C27H38O8. The van der Waals surface area contributed by atoms with Crippen molar-refractivity contribution >= 4 is 11.9 Å². The third-order valence-corrected chi connectivity index (χ3v) is 9.59. The van der Waals surface area contributed by atoms with Crippen molar-refractivity contribution < 1.29 is 39.5 Å². The van der Waals surface area contributed by atoms with Gasteiger partial charge in [-0.3, -0.25) is 4.79 Å². The van der Waals surface area contributed by atoms with Crippen LogP contribution in [-0.4, -0.2) is 68.5 Å². The molecule has 8 nitrogen and oxygen atoms in total. The molecule has 0 aromatic rings. The van der Waals surface area contributed by atoms with Crippen LogP contribution >= 0.6 is 0 Å². The van der Waals surface area contributed by atoms with Gasteiger partial charge in [-0.05, 0) is 44.3 Å². The van der Waals surface area contributed by atoms with E-state index >= 15 is 0 Å². The molecule has 4 aliphatic rings. The molecule has 1 spiro atoms. The third-order valence-electron chi connectivity index (χ3n) is 9.59. The monoisotopic (exact) mass is 490 g/mol. The molecule has 1 unspecified atom stereocenters. The molecule has 194 valence electrons. The van der Waals surface area contributed by atoms with E-state index in [1.165, 1.54) is 6.92 Å². The molecule has 0 aromatic carbocycles. The number of hydrogen-bond donors (Lipinski definition) is 4. The first-order valence-electron chi connectivity index (χ1n) is 12.3. The first-order valence-corrected chi connectivity index (χ1v) is 12.3. The minimum atomic E-state index is -2.15. The number of carbonyl (C=O) groups excluding carboxylic acids is 2. The van der Waals surface area contributed by atoms with E-state index in [1.807, 2.05) is 20.8 Å². The molecule has 9 atom stereocenters. The summed E-state index contributed by atoms with van der Waals surface area (Å²) in [5.41, 5.74) is -3.96. The summed E-state index contributed by atoms with van der Waals surface area (Å²) in [6.45, 7) is 11.6. The van der Waals surface area contributed by atoms with Gasteiger partial charge in [-0.2, -0.15) is 0 Å². The topological polar surface area (TPSA) is 134 Å². The Labute approximate surface area is 206 Å². The fourth-order valence-electron chi connectivity index (χ4n) is 7.78. The van der Waals surface area contributed by atoms with Crippen LogP contribution in [0.4, 0.5) is 0 Å². The standard InChI is InChI=1S/C27H38O8/c1-8-13(2)23(32)34-22-14(3)10-25-15(4)11-26(35-16(5)29)19(24(26,6)7)18(21(25)31)9-17(12-28)20(30)27(22,25)33/h8-10,15,18-22,28,30-31,33H,11-12H2,1-7H3/b13-8-/t15-,18+,19-,20-,21?,22+,25+,26+,27+/m1/s1. The summed E-state index contributed by atoms with van der Waals surface area (Å²) in [6.07, 6.45) is 1.24. The second-order valence-electron chi connectivity index (χ2n) is 11.5. The van der Waals surface area contributed by atoms with E-state index < -0.39 is 70.7 Å². The van der Waals surface area contributed by atoms with Gasteiger partial charge in [0, 0.05) is 29.7 Å². The van der Waals surface area contributed by atoms with Gasteiger partial charge in [0.2, 0.25) is 0 Å². The second kappa shape index (κ2) is 8.00. The van der Waals surface area contributed by atoms with Gasteiger partial charge in [0.25, 0.3) is 0 Å². The fourth-order valence-corrected chi connectivity index (χ4v) is 7.78. The van der Waals surface area contributed by atoms with E-state index in [0.29, 0.717) is 17.6 Å². The van der Waals surface area contributed by atoms with Crippen molar-refractivity contribution in [3.05, 3.63) is 34.9 Å². The Morgan fingerprint density at radius 3 is 2.40 bits per heavy atom. The molecule has 0 aromatic heterocycles. The average Bonchev–Trinajstić information content (AvgIpc) is 3.17. The predicted octanol–water partition coefficient (Wildman–Crippen LogP) is 1.81. The molecule has 2 fully saturated rings. The van der Waals surface area contributed by atoms with Crippen LogP contribution in [-0.2, 0) is 19.1 Å². The molecule has 0 radical (unpaired) electrons. The lowest BCUT2D eigenvalue weighted by Crippen LogP contribution is -2.67. The highest BCUT2D eigenvalue weighted by Gasteiger charge is 2.83. The molecule has 4 N–H and O–H groups in total. The maximum Gasteiger partial charge on any atom is 0.334 e. The van der Waals surface area contributed by atoms with E-state index in [0.717, 1.165) is 0 Å². The van der Waals surface area contributed by atoms with Crippen molar-refractivity contribution in [1.29, 1.82) is 0 Å². The molecule has 0 aliphatic heterocycles. The maximum absolute atomic E-state index is 12.8. The normalized spacial score (nSPS) is 45.7. The van der Waals surface area contributed by atoms with Gasteiger partial charge in [-0.15, -0.1) is 0 Å². The van der Waals surface area contributed by atoms with Crippen molar-refractivity contribution in [3.8, 4) is 0 Å². The maximum atomic E-state index is 12.8. The minimum Gasteiger partial charge on any atom is -0.458 e. The van der Waals surface area contributed by atoms with Gasteiger partial charge in [0.1, 0.15) is 17.3 Å². The Kier molecular flexibility index (Phi) is 5.96. The number of aliphatic hydroxyl groups is 4. The molecule has 4 rings (SSSR count). The molecule has 2 bridgehead atoms. The molecule has 0 amide bonds. The smallest absolute Gasteiger partial charge is 0.334 e. The number of hydrogen-bond acceptors (Lipinski definition) is 8. The summed E-state index contributed by atoms with van der Waals surface area (Å²) < 4.78 is 11.7. The van der Waals surface area contributed by atoms with Gasteiger partial charge in [-0.25, -0.2) is 4.79 Å². The number of aliphatic hydroxyl groups excluding tert-OH is 3. The van der Waals surface area contributed by atoms with Crippen molar-refractivity contribution in [2.75, 3.05) is 6.61 Å². The Balaban J connectivity index is 1.94.